The number of carbonyl (C=O) groups is 1. The molecule has 7 heteroatoms. The van der Waals surface area contributed by atoms with Crippen LogP contribution in [0, 0.1) is 0 Å². The van der Waals surface area contributed by atoms with Crippen molar-refractivity contribution in [3.8, 4) is 17.2 Å². The zero-order chi connectivity index (χ0) is 26.0. The van der Waals surface area contributed by atoms with Crippen LogP contribution in [0.2, 0.25) is 0 Å². The SMILES string of the molecule is CCc1ccc(OCCCn2c(CCCNC(=O)c3ccc(OC)c(OC)c3)nc3ccccc32)cc1. The van der Waals surface area contributed by atoms with Crippen LogP contribution in [-0.4, -0.2) is 42.8 Å². The quantitative estimate of drug-likeness (QED) is 0.247. The fourth-order valence-corrected chi connectivity index (χ4v) is 4.33. The third-order valence-corrected chi connectivity index (χ3v) is 6.37. The topological polar surface area (TPSA) is 74.6 Å². The van der Waals surface area contributed by atoms with Gasteiger partial charge in [0.25, 0.3) is 5.91 Å². The van der Waals surface area contributed by atoms with Gasteiger partial charge in [-0.2, -0.15) is 0 Å². The van der Waals surface area contributed by atoms with Gasteiger partial charge in [0.15, 0.2) is 11.5 Å². The number of rotatable bonds is 13. The first kappa shape index (κ1) is 26.1. The molecule has 0 atom stereocenters. The number of imidazole rings is 1. The Morgan fingerprint density at radius 2 is 1.73 bits per heavy atom. The monoisotopic (exact) mass is 501 g/mol. The smallest absolute Gasteiger partial charge is 0.251 e. The molecule has 1 N–H and O–H groups in total. The molecule has 1 heterocycles. The lowest BCUT2D eigenvalue weighted by molar-refractivity contribution is 0.0952. The second-order valence-electron chi connectivity index (χ2n) is 8.80. The minimum atomic E-state index is -0.140. The highest BCUT2D eigenvalue weighted by Gasteiger charge is 2.12. The summed E-state index contributed by atoms with van der Waals surface area (Å²) in [6.07, 6.45) is 3.44. The lowest BCUT2D eigenvalue weighted by Crippen LogP contribution is -2.25. The number of aryl methyl sites for hydroxylation is 3. The second kappa shape index (κ2) is 12.8. The van der Waals surface area contributed by atoms with Crippen LogP contribution in [-0.2, 0) is 19.4 Å². The summed E-state index contributed by atoms with van der Waals surface area (Å²) in [6, 6.07) is 21.6. The van der Waals surface area contributed by atoms with Gasteiger partial charge in [0.2, 0.25) is 0 Å². The Hall–Kier alpha value is -4.00. The molecular weight excluding hydrogens is 466 g/mol. The average molecular weight is 502 g/mol. The Bertz CT molecular complexity index is 1310. The van der Waals surface area contributed by atoms with Crippen molar-refractivity contribution in [1.82, 2.24) is 14.9 Å². The number of ether oxygens (including phenoxy) is 3. The van der Waals surface area contributed by atoms with Crippen LogP contribution >= 0.6 is 0 Å². The van der Waals surface area contributed by atoms with E-state index < -0.39 is 0 Å². The summed E-state index contributed by atoms with van der Waals surface area (Å²) in [7, 11) is 3.13. The third kappa shape index (κ3) is 6.61. The minimum absolute atomic E-state index is 0.140. The first-order valence-corrected chi connectivity index (χ1v) is 12.8. The van der Waals surface area contributed by atoms with Gasteiger partial charge < -0.3 is 24.1 Å². The van der Waals surface area contributed by atoms with E-state index in [2.05, 4.69) is 35.0 Å². The summed E-state index contributed by atoms with van der Waals surface area (Å²) in [5.74, 6) is 2.91. The fourth-order valence-electron chi connectivity index (χ4n) is 4.33. The van der Waals surface area contributed by atoms with Crippen LogP contribution in [0.5, 0.6) is 17.2 Å². The molecule has 0 aliphatic carbocycles. The fraction of sp³-hybridized carbons (Fsp3) is 0.333. The van der Waals surface area contributed by atoms with E-state index in [1.807, 2.05) is 30.3 Å². The Morgan fingerprint density at radius 3 is 2.49 bits per heavy atom. The predicted molar refractivity (Wildman–Crippen MR) is 146 cm³/mol. The number of fused-ring (bicyclic) bond motifs is 1. The van der Waals surface area contributed by atoms with Crippen molar-refractivity contribution < 1.29 is 19.0 Å². The van der Waals surface area contributed by atoms with E-state index in [0.29, 0.717) is 30.2 Å². The molecule has 3 aromatic carbocycles. The van der Waals surface area contributed by atoms with E-state index in [1.165, 1.54) is 5.56 Å². The number of hydrogen-bond donors (Lipinski definition) is 1. The van der Waals surface area contributed by atoms with Crippen LogP contribution in [0.15, 0.2) is 66.7 Å². The maximum absolute atomic E-state index is 12.6. The normalized spacial score (nSPS) is 10.9. The summed E-state index contributed by atoms with van der Waals surface area (Å²) < 4.78 is 18.8. The van der Waals surface area contributed by atoms with Crippen LogP contribution in [0.3, 0.4) is 0 Å². The first-order chi connectivity index (χ1) is 18.1. The van der Waals surface area contributed by atoms with Crippen molar-refractivity contribution >= 4 is 16.9 Å². The van der Waals surface area contributed by atoms with E-state index in [1.54, 1.807) is 32.4 Å². The number of carbonyl (C=O) groups excluding carboxylic acids is 1. The van der Waals surface area contributed by atoms with Crippen molar-refractivity contribution in [2.24, 2.45) is 0 Å². The van der Waals surface area contributed by atoms with Crippen molar-refractivity contribution in [3.05, 3.63) is 83.7 Å². The Labute approximate surface area is 218 Å². The third-order valence-electron chi connectivity index (χ3n) is 6.37. The van der Waals surface area contributed by atoms with Gasteiger partial charge in [0.05, 0.1) is 31.9 Å². The number of hydrogen-bond acceptors (Lipinski definition) is 5. The van der Waals surface area contributed by atoms with Gasteiger partial charge in [0, 0.05) is 25.1 Å². The van der Waals surface area contributed by atoms with E-state index >= 15 is 0 Å². The highest BCUT2D eigenvalue weighted by Crippen LogP contribution is 2.27. The molecule has 7 nitrogen and oxygen atoms in total. The van der Waals surface area contributed by atoms with Gasteiger partial charge in [-0.1, -0.05) is 31.2 Å². The van der Waals surface area contributed by atoms with E-state index in [-0.39, 0.29) is 5.91 Å². The van der Waals surface area contributed by atoms with Crippen molar-refractivity contribution in [1.29, 1.82) is 0 Å². The second-order valence-corrected chi connectivity index (χ2v) is 8.80. The summed E-state index contributed by atoms with van der Waals surface area (Å²) in [4.78, 5) is 17.5. The molecule has 194 valence electrons. The number of nitrogens with zero attached hydrogens (tertiary/aromatic N) is 2. The standard InChI is InChI=1S/C30H35N3O4/c1-4-22-12-15-24(16-13-22)37-20-8-19-33-26-10-6-5-9-25(26)32-29(33)11-7-18-31-30(34)23-14-17-27(35-2)28(21-23)36-3/h5-6,9-10,12-17,21H,4,7-8,11,18-20H2,1-3H3,(H,31,34). The number of nitrogens with one attached hydrogen (secondary N) is 1. The molecule has 4 rings (SSSR count). The first-order valence-electron chi connectivity index (χ1n) is 12.8. The van der Waals surface area contributed by atoms with E-state index in [0.717, 1.165) is 54.8 Å². The number of benzene rings is 3. The van der Waals surface area contributed by atoms with Crippen molar-refractivity contribution in [3.63, 3.8) is 0 Å². The van der Waals surface area contributed by atoms with Gasteiger partial charge in [-0.3, -0.25) is 4.79 Å². The molecule has 1 aromatic heterocycles. The van der Waals surface area contributed by atoms with Crippen molar-refractivity contribution in [2.45, 2.75) is 39.2 Å². The molecule has 0 radical (unpaired) electrons. The Morgan fingerprint density at radius 1 is 0.946 bits per heavy atom. The van der Waals surface area contributed by atoms with Gasteiger partial charge in [0.1, 0.15) is 11.6 Å². The zero-order valence-corrected chi connectivity index (χ0v) is 21.8. The molecule has 0 bridgehead atoms. The van der Waals surface area contributed by atoms with Gasteiger partial charge in [-0.05, 0) is 67.3 Å². The summed E-state index contributed by atoms with van der Waals surface area (Å²) in [6.45, 7) is 4.15. The van der Waals surface area contributed by atoms with Crippen LogP contribution in [0.4, 0.5) is 0 Å². The molecule has 0 spiro atoms. The van der Waals surface area contributed by atoms with E-state index in [9.17, 15) is 4.79 Å². The lowest BCUT2D eigenvalue weighted by Gasteiger charge is -2.12. The number of aromatic nitrogens is 2. The van der Waals surface area contributed by atoms with Crippen LogP contribution in [0.25, 0.3) is 11.0 Å². The zero-order valence-electron chi connectivity index (χ0n) is 21.8. The summed E-state index contributed by atoms with van der Waals surface area (Å²) in [5, 5.41) is 3.00. The molecule has 0 aliphatic heterocycles. The van der Waals surface area contributed by atoms with Crippen LogP contribution in [0.1, 0.15) is 41.5 Å². The maximum atomic E-state index is 12.6. The Kier molecular flexibility index (Phi) is 9.03. The highest BCUT2D eigenvalue weighted by atomic mass is 16.5. The molecule has 1 amide bonds. The Balaban J connectivity index is 1.31. The average Bonchev–Trinajstić information content (AvgIpc) is 3.30. The maximum Gasteiger partial charge on any atom is 0.251 e. The van der Waals surface area contributed by atoms with Crippen LogP contribution < -0.4 is 19.5 Å². The summed E-state index contributed by atoms with van der Waals surface area (Å²) in [5.41, 5.74) is 3.96. The largest absolute Gasteiger partial charge is 0.494 e. The van der Waals surface area contributed by atoms with Gasteiger partial charge in [-0.15, -0.1) is 0 Å². The predicted octanol–water partition coefficient (Wildman–Crippen LogP) is 5.45. The molecule has 0 unspecified atom stereocenters. The highest BCUT2D eigenvalue weighted by molar-refractivity contribution is 5.94. The molecule has 0 saturated heterocycles. The molecule has 37 heavy (non-hydrogen) atoms. The molecule has 0 saturated carbocycles. The van der Waals surface area contributed by atoms with Crippen molar-refractivity contribution in [2.75, 3.05) is 27.4 Å². The number of methoxy groups -OCH3 is 2. The lowest BCUT2D eigenvalue weighted by atomic mass is 10.2. The number of amides is 1. The minimum Gasteiger partial charge on any atom is -0.494 e. The van der Waals surface area contributed by atoms with Gasteiger partial charge >= 0.3 is 0 Å². The molecule has 4 aromatic rings. The molecule has 0 aliphatic rings. The number of para-hydroxylation sites is 2. The van der Waals surface area contributed by atoms with E-state index in [4.69, 9.17) is 19.2 Å². The summed E-state index contributed by atoms with van der Waals surface area (Å²) >= 11 is 0. The molecular formula is C30H35N3O4. The molecule has 0 fully saturated rings. The van der Waals surface area contributed by atoms with Gasteiger partial charge in [-0.25, -0.2) is 4.98 Å².